The van der Waals surface area contributed by atoms with Gasteiger partial charge in [0, 0.05) is 16.0 Å². The summed E-state index contributed by atoms with van der Waals surface area (Å²) >= 11 is 9.38. The topological polar surface area (TPSA) is 55.1 Å². The van der Waals surface area contributed by atoms with Gasteiger partial charge < -0.3 is 11.1 Å². The van der Waals surface area contributed by atoms with Crippen LogP contribution in [0, 0.1) is 0 Å². The molecule has 0 aliphatic heterocycles. The van der Waals surface area contributed by atoms with Gasteiger partial charge in [-0.05, 0) is 36.6 Å². The zero-order valence-electron chi connectivity index (χ0n) is 10.8. The molecule has 0 aliphatic rings. The Labute approximate surface area is 133 Å². The van der Waals surface area contributed by atoms with Crippen molar-refractivity contribution in [3.05, 3.63) is 33.3 Å². The summed E-state index contributed by atoms with van der Waals surface area (Å²) in [6.07, 6.45) is 2.35. The molecule has 0 saturated carbocycles. The molecule has 6 heteroatoms. The summed E-state index contributed by atoms with van der Waals surface area (Å²) in [7, 11) is 0. The van der Waals surface area contributed by atoms with Gasteiger partial charge in [0.25, 0.3) is 0 Å². The molecular formula is C13H19BrCl2N2O. The quantitative estimate of drug-likeness (QED) is 0.808. The first-order valence-electron chi connectivity index (χ1n) is 6.01. The molecule has 108 valence electrons. The molecule has 0 aromatic heterocycles. The third kappa shape index (κ3) is 6.61. The van der Waals surface area contributed by atoms with E-state index in [0.717, 1.165) is 22.9 Å². The predicted octanol–water partition coefficient (Wildman–Crippen LogP) is 3.31. The third-order valence-electron chi connectivity index (χ3n) is 2.64. The summed E-state index contributed by atoms with van der Waals surface area (Å²) < 4.78 is 0.999. The molecule has 1 unspecified atom stereocenters. The number of hydrogen-bond donors (Lipinski definition) is 2. The molecule has 0 heterocycles. The molecule has 1 rings (SSSR count). The van der Waals surface area contributed by atoms with E-state index >= 15 is 0 Å². The van der Waals surface area contributed by atoms with Crippen LogP contribution >= 0.6 is 39.9 Å². The molecule has 1 aromatic carbocycles. The molecule has 0 saturated heterocycles. The minimum atomic E-state index is -0.405. The lowest BCUT2D eigenvalue weighted by atomic mass is 10.1. The van der Waals surface area contributed by atoms with Gasteiger partial charge in [-0.3, -0.25) is 4.79 Å². The van der Waals surface area contributed by atoms with Gasteiger partial charge in [-0.1, -0.05) is 40.9 Å². The molecular weight excluding hydrogens is 351 g/mol. The second-order valence-electron chi connectivity index (χ2n) is 4.17. The highest BCUT2D eigenvalue weighted by atomic mass is 79.9. The molecule has 1 aromatic rings. The zero-order chi connectivity index (χ0) is 13.5. The molecule has 0 spiro atoms. The third-order valence-corrected chi connectivity index (χ3v) is 3.65. The van der Waals surface area contributed by atoms with Crippen LogP contribution in [-0.2, 0) is 11.2 Å². The van der Waals surface area contributed by atoms with Crippen molar-refractivity contribution in [2.75, 3.05) is 6.54 Å². The Kier molecular flexibility index (Phi) is 9.44. The van der Waals surface area contributed by atoms with Gasteiger partial charge in [-0.15, -0.1) is 12.4 Å². The van der Waals surface area contributed by atoms with E-state index in [1.165, 1.54) is 0 Å². The number of carbonyl (C=O) groups excluding carboxylic acids is 1. The molecule has 19 heavy (non-hydrogen) atoms. The lowest BCUT2D eigenvalue weighted by Crippen LogP contribution is -2.41. The van der Waals surface area contributed by atoms with E-state index in [9.17, 15) is 4.79 Å². The van der Waals surface area contributed by atoms with Gasteiger partial charge in [0.1, 0.15) is 0 Å². The van der Waals surface area contributed by atoms with Crippen LogP contribution in [0.15, 0.2) is 22.7 Å². The Bertz CT molecular complexity index is 416. The van der Waals surface area contributed by atoms with Gasteiger partial charge in [0.05, 0.1) is 6.04 Å². The van der Waals surface area contributed by atoms with Crippen molar-refractivity contribution < 1.29 is 4.79 Å². The van der Waals surface area contributed by atoms with Crippen molar-refractivity contribution in [2.45, 2.75) is 32.2 Å². The van der Waals surface area contributed by atoms with Crippen LogP contribution in [-0.4, -0.2) is 18.5 Å². The van der Waals surface area contributed by atoms with Crippen LogP contribution in [0.4, 0.5) is 0 Å². The standard InChI is InChI=1S/C13H18BrClN2O.ClH/c1-2-3-12(16)13(18)17-7-6-9-8-10(15)4-5-11(9)14;/h4-5,8,12H,2-3,6-7,16H2,1H3,(H,17,18);1H. The number of benzene rings is 1. The summed E-state index contributed by atoms with van der Waals surface area (Å²) in [5.74, 6) is -0.0880. The molecule has 0 bridgehead atoms. The summed E-state index contributed by atoms with van der Waals surface area (Å²) in [6, 6.07) is 5.22. The molecule has 0 aliphatic carbocycles. The smallest absolute Gasteiger partial charge is 0.236 e. The number of nitrogens with one attached hydrogen (secondary N) is 1. The van der Waals surface area contributed by atoms with Gasteiger partial charge >= 0.3 is 0 Å². The largest absolute Gasteiger partial charge is 0.354 e. The summed E-state index contributed by atoms with van der Waals surface area (Å²) in [5, 5.41) is 3.53. The fraction of sp³-hybridized carbons (Fsp3) is 0.462. The van der Waals surface area contributed by atoms with Gasteiger partial charge in [0.15, 0.2) is 0 Å². The average molecular weight is 370 g/mol. The van der Waals surface area contributed by atoms with Crippen LogP contribution in [0.5, 0.6) is 0 Å². The fourth-order valence-corrected chi connectivity index (χ4v) is 2.27. The van der Waals surface area contributed by atoms with Crippen LogP contribution in [0.2, 0.25) is 5.02 Å². The Hall–Kier alpha value is -0.290. The molecule has 0 fully saturated rings. The average Bonchev–Trinajstić information content (AvgIpc) is 2.33. The lowest BCUT2D eigenvalue weighted by molar-refractivity contribution is -0.122. The number of nitrogens with two attached hydrogens (primary N) is 1. The maximum atomic E-state index is 11.6. The van der Waals surface area contributed by atoms with E-state index in [2.05, 4.69) is 21.2 Å². The van der Waals surface area contributed by atoms with Crippen LogP contribution < -0.4 is 11.1 Å². The Morgan fingerprint density at radius 1 is 1.53 bits per heavy atom. The summed E-state index contributed by atoms with van der Waals surface area (Å²) in [4.78, 5) is 11.6. The van der Waals surface area contributed by atoms with E-state index in [1.807, 2.05) is 25.1 Å². The van der Waals surface area contributed by atoms with Crippen LogP contribution in [0.3, 0.4) is 0 Å². The van der Waals surface area contributed by atoms with Crippen molar-refractivity contribution in [2.24, 2.45) is 5.73 Å². The van der Waals surface area contributed by atoms with Gasteiger partial charge in [-0.2, -0.15) is 0 Å². The van der Waals surface area contributed by atoms with Crippen molar-refractivity contribution >= 4 is 45.8 Å². The van der Waals surface area contributed by atoms with Gasteiger partial charge in [0.2, 0.25) is 5.91 Å². The van der Waals surface area contributed by atoms with Crippen molar-refractivity contribution in [1.29, 1.82) is 0 Å². The summed E-state index contributed by atoms with van der Waals surface area (Å²) in [5.41, 5.74) is 6.79. The number of amides is 1. The normalized spacial score (nSPS) is 11.6. The summed E-state index contributed by atoms with van der Waals surface area (Å²) in [6.45, 7) is 2.57. The molecule has 0 radical (unpaired) electrons. The number of halogens is 3. The van der Waals surface area contributed by atoms with Crippen LogP contribution in [0.25, 0.3) is 0 Å². The van der Waals surface area contributed by atoms with Crippen molar-refractivity contribution in [3.63, 3.8) is 0 Å². The molecule has 3 N–H and O–H groups in total. The Morgan fingerprint density at radius 2 is 2.21 bits per heavy atom. The molecule has 1 atom stereocenters. The lowest BCUT2D eigenvalue weighted by Gasteiger charge is -2.11. The Morgan fingerprint density at radius 3 is 2.84 bits per heavy atom. The highest BCUT2D eigenvalue weighted by molar-refractivity contribution is 9.10. The van der Waals surface area contributed by atoms with E-state index in [4.69, 9.17) is 17.3 Å². The van der Waals surface area contributed by atoms with E-state index in [0.29, 0.717) is 18.0 Å². The number of rotatable bonds is 6. The molecule has 3 nitrogen and oxygen atoms in total. The maximum Gasteiger partial charge on any atom is 0.236 e. The van der Waals surface area contributed by atoms with Crippen molar-refractivity contribution in [3.8, 4) is 0 Å². The SMILES string of the molecule is CCCC(N)C(=O)NCCc1cc(Cl)ccc1Br.Cl. The fourth-order valence-electron chi connectivity index (χ4n) is 1.63. The second kappa shape index (κ2) is 9.59. The van der Waals surface area contributed by atoms with E-state index in [-0.39, 0.29) is 18.3 Å². The highest BCUT2D eigenvalue weighted by Gasteiger charge is 2.11. The molecule has 1 amide bonds. The minimum absolute atomic E-state index is 0. The number of carbonyl (C=O) groups is 1. The Balaban J connectivity index is 0.00000324. The highest BCUT2D eigenvalue weighted by Crippen LogP contribution is 2.21. The second-order valence-corrected chi connectivity index (χ2v) is 5.46. The van der Waals surface area contributed by atoms with E-state index in [1.54, 1.807) is 0 Å². The first kappa shape index (κ1) is 18.7. The van der Waals surface area contributed by atoms with Crippen LogP contribution in [0.1, 0.15) is 25.3 Å². The zero-order valence-corrected chi connectivity index (χ0v) is 13.9. The minimum Gasteiger partial charge on any atom is -0.354 e. The maximum absolute atomic E-state index is 11.6. The number of hydrogen-bond acceptors (Lipinski definition) is 2. The van der Waals surface area contributed by atoms with Gasteiger partial charge in [-0.25, -0.2) is 0 Å². The monoisotopic (exact) mass is 368 g/mol. The van der Waals surface area contributed by atoms with Crippen molar-refractivity contribution in [1.82, 2.24) is 5.32 Å². The predicted molar refractivity (Wildman–Crippen MR) is 86.0 cm³/mol. The van der Waals surface area contributed by atoms with E-state index < -0.39 is 6.04 Å². The first-order valence-corrected chi connectivity index (χ1v) is 7.19. The first-order chi connectivity index (χ1) is 8.54.